The number of rotatable bonds is 24. The topological polar surface area (TPSA) is 52.2 Å². The Morgan fingerprint density at radius 3 is 1.55 bits per heavy atom. The second kappa shape index (κ2) is 25.4. The standard InChI is InChI=1S/C49H74N2O4/c1-37(2)17-13-18-38(3)19-14-20-39(4)21-15-22-40(5)23-16-24-41(6)31-32-51(36-43-28-30-47(53-8)49(34-43)55-10)45-26-12-11-25-44(45)50-35-42-27-29-46(52-7)48(33-42)54-9/h17,19,21,23,27-31,33-34,44-45,50H,11-16,18,20,22,24-26,32,35-36H2,1-10H3/b38-19+,39-21+,40-23+,41-31+/t44-,45-/m1/s1. The average Bonchev–Trinajstić information content (AvgIpc) is 3.18. The number of hydrogen-bond donors (Lipinski definition) is 1. The summed E-state index contributed by atoms with van der Waals surface area (Å²) in [6.07, 6.45) is 26.0. The molecule has 6 heteroatoms. The van der Waals surface area contributed by atoms with Crippen LogP contribution in [0.1, 0.15) is 130 Å². The second-order valence-corrected chi connectivity index (χ2v) is 15.8. The van der Waals surface area contributed by atoms with E-state index in [1.165, 1.54) is 64.7 Å². The van der Waals surface area contributed by atoms with Crippen LogP contribution in [0.25, 0.3) is 0 Å². The summed E-state index contributed by atoms with van der Waals surface area (Å²) >= 11 is 0. The molecule has 3 rings (SSSR count). The number of methoxy groups -OCH3 is 4. The molecule has 1 aliphatic carbocycles. The van der Waals surface area contributed by atoms with Crippen LogP contribution in [0.5, 0.6) is 23.0 Å². The zero-order chi connectivity index (χ0) is 40.0. The van der Waals surface area contributed by atoms with Gasteiger partial charge in [0, 0.05) is 31.7 Å². The van der Waals surface area contributed by atoms with Crippen LogP contribution in [-0.4, -0.2) is 52.0 Å². The maximum absolute atomic E-state index is 5.69. The first kappa shape index (κ1) is 45.6. The lowest BCUT2D eigenvalue weighted by Gasteiger charge is -2.40. The van der Waals surface area contributed by atoms with Crippen molar-refractivity contribution in [2.24, 2.45) is 0 Å². The van der Waals surface area contributed by atoms with E-state index in [-0.39, 0.29) is 0 Å². The van der Waals surface area contributed by atoms with Crippen molar-refractivity contribution in [3.63, 3.8) is 0 Å². The largest absolute Gasteiger partial charge is 0.493 e. The van der Waals surface area contributed by atoms with Gasteiger partial charge in [0.25, 0.3) is 0 Å². The molecule has 1 aliphatic rings. The molecular weight excluding hydrogens is 681 g/mol. The molecule has 55 heavy (non-hydrogen) atoms. The van der Waals surface area contributed by atoms with E-state index in [4.69, 9.17) is 18.9 Å². The molecule has 0 heterocycles. The number of nitrogens with zero attached hydrogens (tertiary/aromatic N) is 1. The summed E-state index contributed by atoms with van der Waals surface area (Å²) in [5.41, 5.74) is 9.81. The van der Waals surface area contributed by atoms with Gasteiger partial charge in [-0.05, 0) is 141 Å². The zero-order valence-electron chi connectivity index (χ0n) is 36.2. The zero-order valence-corrected chi connectivity index (χ0v) is 36.2. The minimum atomic E-state index is 0.386. The van der Waals surface area contributed by atoms with E-state index in [0.29, 0.717) is 12.1 Å². The first-order valence-corrected chi connectivity index (χ1v) is 20.7. The molecule has 1 N–H and O–H groups in total. The number of ether oxygens (including phenoxy) is 4. The van der Waals surface area contributed by atoms with Crippen molar-refractivity contribution < 1.29 is 18.9 Å². The third kappa shape index (κ3) is 16.9. The van der Waals surface area contributed by atoms with E-state index in [1.54, 1.807) is 28.4 Å². The van der Waals surface area contributed by atoms with Crippen molar-refractivity contribution in [1.82, 2.24) is 10.2 Å². The third-order valence-corrected chi connectivity index (χ3v) is 10.9. The summed E-state index contributed by atoms with van der Waals surface area (Å²) in [5.74, 6) is 3.07. The predicted octanol–water partition coefficient (Wildman–Crippen LogP) is 12.5. The van der Waals surface area contributed by atoms with Crippen molar-refractivity contribution in [1.29, 1.82) is 0 Å². The van der Waals surface area contributed by atoms with E-state index in [9.17, 15) is 0 Å². The second-order valence-electron chi connectivity index (χ2n) is 15.8. The van der Waals surface area contributed by atoms with Gasteiger partial charge in [0.1, 0.15) is 0 Å². The molecule has 2 atom stereocenters. The minimum absolute atomic E-state index is 0.386. The Balaban J connectivity index is 1.61. The van der Waals surface area contributed by atoms with Gasteiger partial charge in [-0.15, -0.1) is 0 Å². The van der Waals surface area contributed by atoms with Crippen molar-refractivity contribution in [3.8, 4) is 23.0 Å². The van der Waals surface area contributed by atoms with Crippen molar-refractivity contribution in [2.75, 3.05) is 35.0 Å². The SMILES string of the molecule is COc1ccc(CN[C@@H]2CCCC[C@H]2N(C/C=C(\C)CC/C=C(\C)CC/C=C(\C)CC/C=C(\C)CCC=C(C)C)Cc2ccc(OC)c(OC)c2)cc1OC. The predicted molar refractivity (Wildman–Crippen MR) is 234 cm³/mol. The molecule has 0 bridgehead atoms. The minimum Gasteiger partial charge on any atom is -0.493 e. The Kier molecular flexibility index (Phi) is 21.1. The lowest BCUT2D eigenvalue weighted by atomic mass is 9.88. The number of allylic oxidation sites excluding steroid dienone is 9. The smallest absolute Gasteiger partial charge is 0.161 e. The number of hydrogen-bond acceptors (Lipinski definition) is 6. The normalized spacial score (nSPS) is 17.0. The molecule has 1 saturated carbocycles. The Hall–Kier alpha value is -3.74. The van der Waals surface area contributed by atoms with E-state index >= 15 is 0 Å². The van der Waals surface area contributed by atoms with Gasteiger partial charge in [0.05, 0.1) is 28.4 Å². The molecule has 0 spiro atoms. The van der Waals surface area contributed by atoms with E-state index in [1.807, 2.05) is 12.1 Å². The van der Waals surface area contributed by atoms with Crippen LogP contribution in [0, 0.1) is 0 Å². The van der Waals surface area contributed by atoms with E-state index in [0.717, 1.165) is 94.0 Å². The molecule has 0 saturated heterocycles. The number of nitrogens with one attached hydrogen (secondary N) is 1. The van der Waals surface area contributed by atoms with Crippen LogP contribution in [0.2, 0.25) is 0 Å². The summed E-state index contributed by atoms with van der Waals surface area (Å²) in [5, 5.41) is 3.95. The highest BCUT2D eigenvalue weighted by molar-refractivity contribution is 5.43. The highest BCUT2D eigenvalue weighted by Crippen LogP contribution is 2.31. The van der Waals surface area contributed by atoms with Gasteiger partial charge < -0.3 is 24.3 Å². The lowest BCUT2D eigenvalue weighted by molar-refractivity contribution is 0.126. The fourth-order valence-electron chi connectivity index (χ4n) is 7.47. The van der Waals surface area contributed by atoms with Crippen molar-refractivity contribution >= 4 is 0 Å². The maximum Gasteiger partial charge on any atom is 0.161 e. The highest BCUT2D eigenvalue weighted by Gasteiger charge is 2.30. The monoisotopic (exact) mass is 755 g/mol. The van der Waals surface area contributed by atoms with E-state index < -0.39 is 0 Å². The quantitative estimate of drug-likeness (QED) is 0.108. The molecular formula is C49H74N2O4. The highest BCUT2D eigenvalue weighted by atomic mass is 16.5. The number of benzene rings is 2. The Morgan fingerprint density at radius 1 is 0.582 bits per heavy atom. The fourth-order valence-corrected chi connectivity index (χ4v) is 7.47. The van der Waals surface area contributed by atoms with Gasteiger partial charge in [-0.3, -0.25) is 4.90 Å². The third-order valence-electron chi connectivity index (χ3n) is 10.9. The molecule has 6 nitrogen and oxygen atoms in total. The Morgan fingerprint density at radius 2 is 1.04 bits per heavy atom. The summed E-state index contributed by atoms with van der Waals surface area (Å²) in [6, 6.07) is 13.3. The summed E-state index contributed by atoms with van der Waals surface area (Å²) in [4.78, 5) is 2.67. The van der Waals surface area contributed by atoms with Gasteiger partial charge in [0.2, 0.25) is 0 Å². The molecule has 0 radical (unpaired) electrons. The Bertz CT molecular complexity index is 1600. The molecule has 0 aliphatic heterocycles. The van der Waals surface area contributed by atoms with Crippen molar-refractivity contribution in [2.45, 2.75) is 144 Å². The van der Waals surface area contributed by atoms with Gasteiger partial charge in [-0.25, -0.2) is 0 Å². The molecule has 304 valence electrons. The summed E-state index contributed by atoms with van der Waals surface area (Å²) in [6.45, 7) is 16.1. The first-order chi connectivity index (χ1) is 26.6. The lowest BCUT2D eigenvalue weighted by Crippen LogP contribution is -2.51. The fraction of sp³-hybridized carbons (Fsp3) is 0.551. The molecule has 0 amide bonds. The molecule has 2 aromatic carbocycles. The van der Waals surface area contributed by atoms with Crippen LogP contribution < -0.4 is 24.3 Å². The van der Waals surface area contributed by atoms with Gasteiger partial charge in [-0.2, -0.15) is 0 Å². The molecule has 0 unspecified atom stereocenters. The summed E-state index contributed by atoms with van der Waals surface area (Å²) < 4.78 is 22.3. The van der Waals surface area contributed by atoms with Crippen LogP contribution in [0.4, 0.5) is 0 Å². The van der Waals surface area contributed by atoms with Crippen molar-refractivity contribution in [3.05, 3.63) is 106 Å². The first-order valence-electron chi connectivity index (χ1n) is 20.7. The van der Waals surface area contributed by atoms with Gasteiger partial charge in [0.15, 0.2) is 23.0 Å². The van der Waals surface area contributed by atoms with Crippen LogP contribution in [0.3, 0.4) is 0 Å². The van der Waals surface area contributed by atoms with Crippen LogP contribution in [-0.2, 0) is 13.1 Å². The maximum atomic E-state index is 5.69. The van der Waals surface area contributed by atoms with E-state index in [2.05, 4.69) is 106 Å². The summed E-state index contributed by atoms with van der Waals surface area (Å²) in [7, 11) is 6.78. The Labute approximate surface area is 335 Å². The van der Waals surface area contributed by atoms with Crippen LogP contribution in [0.15, 0.2) is 94.6 Å². The molecule has 2 aromatic rings. The average molecular weight is 755 g/mol. The van der Waals surface area contributed by atoms with Gasteiger partial charge in [-0.1, -0.05) is 83.2 Å². The van der Waals surface area contributed by atoms with Gasteiger partial charge >= 0.3 is 0 Å². The molecule has 0 aromatic heterocycles. The van der Waals surface area contributed by atoms with Crippen LogP contribution >= 0.6 is 0 Å². The molecule has 1 fully saturated rings.